The van der Waals surface area contributed by atoms with Crippen LogP contribution in [0.5, 0.6) is 0 Å². The highest BCUT2D eigenvalue weighted by atomic mass is 19.1. The molecule has 3 aliphatic rings. The number of carbonyl (C=O) groups is 1. The number of aromatic nitrogens is 1. The highest BCUT2D eigenvalue weighted by Gasteiger charge is 2.46. The third kappa shape index (κ3) is 3.83. The number of benzene rings is 2. The first-order valence-corrected chi connectivity index (χ1v) is 11.2. The summed E-state index contributed by atoms with van der Waals surface area (Å²) in [5.41, 5.74) is 2.24. The number of piperidine rings is 2. The maximum atomic E-state index is 15.0. The molecule has 0 unspecified atom stereocenters. The number of nitriles is 1. The molecule has 2 N–H and O–H groups in total. The zero-order chi connectivity index (χ0) is 23.2. The van der Waals surface area contributed by atoms with Crippen molar-refractivity contribution in [3.05, 3.63) is 58.3 Å². The lowest BCUT2D eigenvalue weighted by atomic mass is 9.71. The molecule has 170 valence electrons. The molecular weight excluding hydrogens is 423 g/mol. The summed E-state index contributed by atoms with van der Waals surface area (Å²) in [4.78, 5) is 24.7. The number of oxazole rings is 1. The Morgan fingerprint density at radius 2 is 2.03 bits per heavy atom. The summed E-state index contributed by atoms with van der Waals surface area (Å²) in [6.45, 7) is 0.833. The van der Waals surface area contributed by atoms with E-state index in [-0.39, 0.29) is 12.3 Å². The summed E-state index contributed by atoms with van der Waals surface area (Å²) in [5, 5.41) is 15.8. The van der Waals surface area contributed by atoms with E-state index in [0.717, 1.165) is 37.8 Å². The fourth-order valence-electron chi connectivity index (χ4n) is 5.04. The van der Waals surface area contributed by atoms with Gasteiger partial charge in [0.1, 0.15) is 11.9 Å². The number of rotatable bonds is 5. The molecule has 0 spiro atoms. The van der Waals surface area contributed by atoms with Gasteiger partial charge in [-0.1, -0.05) is 18.2 Å². The number of amides is 1. The van der Waals surface area contributed by atoms with E-state index in [1.807, 2.05) is 0 Å². The van der Waals surface area contributed by atoms with E-state index in [0.29, 0.717) is 28.1 Å². The van der Waals surface area contributed by atoms with Crippen LogP contribution in [-0.2, 0) is 18.3 Å². The lowest BCUT2D eigenvalue weighted by molar-refractivity contribution is -0.131. The Morgan fingerprint density at radius 1 is 1.30 bits per heavy atom. The van der Waals surface area contributed by atoms with E-state index in [2.05, 4.69) is 16.7 Å². The Balaban J connectivity index is 1.32. The minimum atomic E-state index is -0.814. The number of aryl methyl sites for hydroxylation is 1. The quantitative estimate of drug-likeness (QED) is 0.625. The van der Waals surface area contributed by atoms with Crippen molar-refractivity contribution in [3.8, 4) is 17.2 Å². The summed E-state index contributed by atoms with van der Waals surface area (Å²) >= 11 is 0. The average Bonchev–Trinajstić information content (AvgIpc) is 3.13. The average molecular weight is 448 g/mol. The highest BCUT2D eigenvalue weighted by Crippen LogP contribution is 2.37. The van der Waals surface area contributed by atoms with Gasteiger partial charge < -0.3 is 15.1 Å². The summed E-state index contributed by atoms with van der Waals surface area (Å²) < 4.78 is 21.5. The zero-order valence-corrected chi connectivity index (χ0v) is 18.4. The number of hydrogen-bond donors (Lipinski definition) is 2. The van der Waals surface area contributed by atoms with Gasteiger partial charge in [0.2, 0.25) is 5.91 Å². The number of fused-ring (bicyclic) bond motifs is 4. The van der Waals surface area contributed by atoms with Crippen molar-refractivity contribution in [3.63, 3.8) is 0 Å². The molecule has 1 aliphatic carbocycles. The number of hydrogen-bond acceptors (Lipinski definition) is 5. The SMILES string of the molecule is Cn1c(=O)oc2ccc(-c3ccc(C[C@@H](C#N)NC(=O)C45CCC(CC4)CN5)c(F)c3)cc21. The fraction of sp³-hybridized carbons (Fsp3) is 0.400. The van der Waals surface area contributed by atoms with Crippen molar-refractivity contribution in [1.82, 2.24) is 15.2 Å². The first-order valence-electron chi connectivity index (χ1n) is 11.2. The fourth-order valence-corrected chi connectivity index (χ4v) is 5.04. The first-order chi connectivity index (χ1) is 15.9. The topological polar surface area (TPSA) is 100 Å². The Morgan fingerprint density at radius 3 is 2.70 bits per heavy atom. The minimum Gasteiger partial charge on any atom is -0.408 e. The van der Waals surface area contributed by atoms with Crippen molar-refractivity contribution in [1.29, 1.82) is 5.26 Å². The second-order valence-electron chi connectivity index (χ2n) is 9.18. The predicted octanol–water partition coefficient (Wildman–Crippen LogP) is 3.02. The van der Waals surface area contributed by atoms with Gasteiger partial charge >= 0.3 is 5.76 Å². The second-order valence-corrected chi connectivity index (χ2v) is 9.18. The van der Waals surface area contributed by atoms with Gasteiger partial charge in [-0.25, -0.2) is 9.18 Å². The molecule has 1 aromatic heterocycles. The summed E-state index contributed by atoms with van der Waals surface area (Å²) in [6, 6.07) is 11.3. The van der Waals surface area contributed by atoms with Gasteiger partial charge in [-0.05, 0) is 73.0 Å². The van der Waals surface area contributed by atoms with E-state index in [4.69, 9.17) is 4.42 Å². The molecule has 1 atom stereocenters. The molecule has 1 amide bonds. The molecule has 3 heterocycles. The second kappa shape index (κ2) is 8.16. The molecule has 2 bridgehead atoms. The monoisotopic (exact) mass is 448 g/mol. The van der Waals surface area contributed by atoms with Crippen LogP contribution >= 0.6 is 0 Å². The van der Waals surface area contributed by atoms with Gasteiger partial charge in [0, 0.05) is 13.5 Å². The van der Waals surface area contributed by atoms with Crippen LogP contribution < -0.4 is 16.4 Å². The van der Waals surface area contributed by atoms with Gasteiger partial charge in [-0.3, -0.25) is 9.36 Å². The van der Waals surface area contributed by atoms with Crippen LogP contribution in [0.4, 0.5) is 4.39 Å². The summed E-state index contributed by atoms with van der Waals surface area (Å²) in [6.07, 6.45) is 3.68. The zero-order valence-electron chi connectivity index (χ0n) is 18.4. The Labute approximate surface area is 190 Å². The molecule has 0 radical (unpaired) electrons. The van der Waals surface area contributed by atoms with E-state index >= 15 is 0 Å². The van der Waals surface area contributed by atoms with Crippen molar-refractivity contribution in [2.24, 2.45) is 13.0 Å². The van der Waals surface area contributed by atoms with Crippen LogP contribution in [0.15, 0.2) is 45.6 Å². The molecule has 2 aliphatic heterocycles. The molecular formula is C25H25FN4O3. The van der Waals surface area contributed by atoms with Crippen LogP contribution in [0, 0.1) is 23.1 Å². The van der Waals surface area contributed by atoms with Gasteiger partial charge in [-0.15, -0.1) is 0 Å². The van der Waals surface area contributed by atoms with Crippen molar-refractivity contribution < 1.29 is 13.6 Å². The van der Waals surface area contributed by atoms with Gasteiger partial charge in [-0.2, -0.15) is 5.26 Å². The van der Waals surface area contributed by atoms with E-state index in [1.54, 1.807) is 37.4 Å². The lowest BCUT2D eigenvalue weighted by Crippen LogP contribution is -2.64. The number of nitrogens with one attached hydrogen (secondary N) is 2. The highest BCUT2D eigenvalue weighted by molar-refractivity contribution is 5.87. The van der Waals surface area contributed by atoms with Crippen LogP contribution in [-0.4, -0.2) is 28.6 Å². The summed E-state index contributed by atoms with van der Waals surface area (Å²) in [7, 11) is 1.62. The number of carbonyl (C=O) groups excluding carboxylic acids is 1. The molecule has 8 heteroatoms. The molecule has 33 heavy (non-hydrogen) atoms. The molecule has 3 aromatic rings. The van der Waals surface area contributed by atoms with Gasteiger partial charge in [0.05, 0.1) is 17.1 Å². The van der Waals surface area contributed by atoms with Crippen LogP contribution in [0.25, 0.3) is 22.2 Å². The van der Waals surface area contributed by atoms with Crippen molar-refractivity contribution in [2.75, 3.05) is 6.54 Å². The third-order valence-corrected chi connectivity index (χ3v) is 7.19. The molecule has 6 rings (SSSR count). The van der Waals surface area contributed by atoms with Crippen LogP contribution in [0.3, 0.4) is 0 Å². The van der Waals surface area contributed by atoms with E-state index < -0.39 is 23.2 Å². The van der Waals surface area contributed by atoms with E-state index in [1.165, 1.54) is 10.6 Å². The predicted molar refractivity (Wildman–Crippen MR) is 121 cm³/mol. The minimum absolute atomic E-state index is 0.0856. The maximum absolute atomic E-state index is 15.0. The summed E-state index contributed by atoms with van der Waals surface area (Å²) in [5.74, 6) is -0.427. The van der Waals surface area contributed by atoms with Gasteiger partial charge in [0.15, 0.2) is 5.58 Å². The normalized spacial score (nSPS) is 22.8. The standard InChI is InChI=1S/C25H25FN4O3/c1-30-21-12-17(4-5-22(21)33-24(30)32)16-2-3-18(20(26)11-16)10-19(13-27)29-23(31)25-8-6-15(7-9-25)14-28-25/h2-5,11-12,15,19,28H,6-10,14H2,1H3,(H,29,31)/t15?,19-,25?/m0/s1. The van der Waals surface area contributed by atoms with Crippen LogP contribution in [0.1, 0.15) is 31.2 Å². The number of nitrogens with zero attached hydrogens (tertiary/aromatic N) is 2. The lowest BCUT2D eigenvalue weighted by Gasteiger charge is -2.46. The first kappa shape index (κ1) is 21.4. The molecule has 1 saturated carbocycles. The Kier molecular flexibility index (Phi) is 5.29. The molecule has 3 fully saturated rings. The Bertz CT molecular complexity index is 1310. The smallest absolute Gasteiger partial charge is 0.408 e. The van der Waals surface area contributed by atoms with Crippen molar-refractivity contribution in [2.45, 2.75) is 43.7 Å². The number of halogens is 1. The largest absolute Gasteiger partial charge is 0.419 e. The van der Waals surface area contributed by atoms with Crippen LogP contribution in [0.2, 0.25) is 0 Å². The van der Waals surface area contributed by atoms with Crippen molar-refractivity contribution >= 4 is 17.0 Å². The van der Waals surface area contributed by atoms with Gasteiger partial charge in [0.25, 0.3) is 0 Å². The molecule has 2 saturated heterocycles. The maximum Gasteiger partial charge on any atom is 0.419 e. The van der Waals surface area contributed by atoms with E-state index in [9.17, 15) is 19.2 Å². The molecule has 7 nitrogen and oxygen atoms in total. The third-order valence-electron chi connectivity index (χ3n) is 7.19. The molecule has 2 aromatic carbocycles. The Hall–Kier alpha value is -3.44.